The number of carbonyl (C=O) groups excluding carboxylic acids is 3. The first-order valence-corrected chi connectivity index (χ1v) is 8.64. The number of ketones is 1. The van der Waals surface area contributed by atoms with Crippen molar-refractivity contribution < 1.29 is 14.4 Å². The van der Waals surface area contributed by atoms with Crippen LogP contribution in [0.3, 0.4) is 0 Å². The molecule has 0 bridgehead atoms. The number of amides is 2. The van der Waals surface area contributed by atoms with Crippen LogP contribution in [0.25, 0.3) is 11.1 Å². The van der Waals surface area contributed by atoms with Gasteiger partial charge in [-0.2, -0.15) is 0 Å². The number of thiophene rings is 1. The molecule has 1 aliphatic heterocycles. The van der Waals surface area contributed by atoms with Crippen LogP contribution >= 0.6 is 11.3 Å². The lowest BCUT2D eigenvalue weighted by Crippen LogP contribution is -2.55. The number of benzene rings is 1. The first-order chi connectivity index (χ1) is 11.5. The van der Waals surface area contributed by atoms with Crippen molar-refractivity contribution in [2.45, 2.75) is 19.9 Å². The molecule has 2 heterocycles. The van der Waals surface area contributed by atoms with Crippen LogP contribution < -0.4 is 5.32 Å². The molecule has 0 aliphatic carbocycles. The average molecular weight is 342 g/mol. The predicted molar refractivity (Wildman–Crippen MR) is 93.3 cm³/mol. The highest BCUT2D eigenvalue weighted by molar-refractivity contribution is 7.12. The summed E-state index contributed by atoms with van der Waals surface area (Å²) in [5.41, 5.74) is 2.33. The van der Waals surface area contributed by atoms with E-state index >= 15 is 0 Å². The van der Waals surface area contributed by atoms with E-state index in [2.05, 4.69) is 5.32 Å². The second kappa shape index (κ2) is 6.57. The highest BCUT2D eigenvalue weighted by atomic mass is 32.1. The fourth-order valence-electron chi connectivity index (χ4n) is 2.83. The van der Waals surface area contributed by atoms with Gasteiger partial charge in [-0.25, -0.2) is 0 Å². The zero-order valence-electron chi connectivity index (χ0n) is 13.5. The zero-order chi connectivity index (χ0) is 17.3. The van der Waals surface area contributed by atoms with E-state index < -0.39 is 6.04 Å². The standard InChI is InChI=1S/C18H18N2O3S/c1-11-17(22)19-8-9-20(11)18(23)14-5-3-13(4-6-14)15-7-10-24-16(15)12(2)21/h3-7,10-11H,8-9H2,1-2H3,(H,19,22)/t11-/m0/s1. The minimum Gasteiger partial charge on any atom is -0.353 e. The number of nitrogens with zero attached hydrogens (tertiary/aromatic N) is 1. The molecule has 0 spiro atoms. The van der Waals surface area contributed by atoms with Gasteiger partial charge in [-0.05, 0) is 43.0 Å². The van der Waals surface area contributed by atoms with Gasteiger partial charge in [0, 0.05) is 24.2 Å². The van der Waals surface area contributed by atoms with Crippen LogP contribution in [0, 0.1) is 0 Å². The Balaban J connectivity index is 1.84. The summed E-state index contributed by atoms with van der Waals surface area (Å²) in [4.78, 5) is 38.3. The Kier molecular flexibility index (Phi) is 4.49. The van der Waals surface area contributed by atoms with E-state index in [9.17, 15) is 14.4 Å². The summed E-state index contributed by atoms with van der Waals surface area (Å²) < 4.78 is 0. The molecule has 2 amide bonds. The Morgan fingerprint density at radius 1 is 1.21 bits per heavy atom. The third kappa shape index (κ3) is 2.97. The van der Waals surface area contributed by atoms with Crippen molar-refractivity contribution in [2.24, 2.45) is 0 Å². The highest BCUT2D eigenvalue weighted by Gasteiger charge is 2.29. The van der Waals surface area contributed by atoms with Crippen LogP contribution in [0.1, 0.15) is 33.9 Å². The number of nitrogens with one attached hydrogen (secondary N) is 1. The quantitative estimate of drug-likeness (QED) is 0.872. The van der Waals surface area contributed by atoms with Gasteiger partial charge in [0.15, 0.2) is 5.78 Å². The molecule has 0 unspecified atom stereocenters. The van der Waals surface area contributed by atoms with Crippen molar-refractivity contribution in [3.8, 4) is 11.1 Å². The Morgan fingerprint density at radius 3 is 2.58 bits per heavy atom. The van der Waals surface area contributed by atoms with Crippen LogP contribution in [0.4, 0.5) is 0 Å². The summed E-state index contributed by atoms with van der Waals surface area (Å²) >= 11 is 1.42. The van der Waals surface area contributed by atoms with E-state index in [0.717, 1.165) is 16.0 Å². The van der Waals surface area contributed by atoms with Crippen molar-refractivity contribution >= 4 is 28.9 Å². The maximum Gasteiger partial charge on any atom is 0.254 e. The van der Waals surface area contributed by atoms with Gasteiger partial charge in [-0.15, -0.1) is 11.3 Å². The molecule has 1 saturated heterocycles. The zero-order valence-corrected chi connectivity index (χ0v) is 14.4. The van der Waals surface area contributed by atoms with Gasteiger partial charge in [0.25, 0.3) is 5.91 Å². The maximum atomic E-state index is 12.6. The number of piperazine rings is 1. The monoisotopic (exact) mass is 342 g/mol. The molecule has 24 heavy (non-hydrogen) atoms. The molecule has 1 aromatic carbocycles. The lowest BCUT2D eigenvalue weighted by Gasteiger charge is -2.32. The van der Waals surface area contributed by atoms with E-state index in [1.54, 1.807) is 30.9 Å². The van der Waals surface area contributed by atoms with Gasteiger partial charge in [-0.1, -0.05) is 12.1 Å². The largest absolute Gasteiger partial charge is 0.353 e. The number of Topliss-reactive ketones (excluding diaryl/α,β-unsaturated/α-hetero) is 1. The van der Waals surface area contributed by atoms with Gasteiger partial charge >= 0.3 is 0 Å². The van der Waals surface area contributed by atoms with E-state index in [1.807, 2.05) is 23.6 Å². The molecule has 124 valence electrons. The smallest absolute Gasteiger partial charge is 0.254 e. The van der Waals surface area contributed by atoms with Crippen LogP contribution in [0.5, 0.6) is 0 Å². The normalized spacial score (nSPS) is 17.5. The molecule has 1 atom stereocenters. The van der Waals surface area contributed by atoms with Gasteiger partial charge in [0.05, 0.1) is 4.88 Å². The summed E-state index contributed by atoms with van der Waals surface area (Å²) in [5.74, 6) is -0.245. The number of hydrogen-bond donors (Lipinski definition) is 1. The molecular weight excluding hydrogens is 324 g/mol. The molecule has 1 aromatic heterocycles. The average Bonchev–Trinajstić information content (AvgIpc) is 3.07. The molecule has 1 N–H and O–H groups in total. The third-order valence-corrected chi connectivity index (χ3v) is 5.20. The van der Waals surface area contributed by atoms with Gasteiger partial charge in [-0.3, -0.25) is 14.4 Å². The van der Waals surface area contributed by atoms with Gasteiger partial charge in [0.1, 0.15) is 6.04 Å². The first-order valence-electron chi connectivity index (χ1n) is 7.76. The second-order valence-electron chi connectivity index (χ2n) is 5.76. The summed E-state index contributed by atoms with van der Waals surface area (Å²) in [7, 11) is 0. The Labute approximate surface area is 144 Å². The van der Waals surface area contributed by atoms with E-state index in [1.165, 1.54) is 11.3 Å². The molecule has 1 fully saturated rings. The summed E-state index contributed by atoms with van der Waals surface area (Å²) in [6.45, 7) is 4.26. The molecule has 0 radical (unpaired) electrons. The Morgan fingerprint density at radius 2 is 1.92 bits per heavy atom. The fourth-order valence-corrected chi connectivity index (χ4v) is 3.65. The topological polar surface area (TPSA) is 66.5 Å². The minimum absolute atomic E-state index is 0.0355. The SMILES string of the molecule is CC(=O)c1sccc1-c1ccc(C(=O)N2CCNC(=O)[C@@H]2C)cc1. The Hall–Kier alpha value is -2.47. The number of hydrogen-bond acceptors (Lipinski definition) is 4. The molecular formula is C18H18N2O3S. The second-order valence-corrected chi connectivity index (χ2v) is 6.68. The lowest BCUT2D eigenvalue weighted by atomic mass is 10.0. The van der Waals surface area contributed by atoms with Crippen LogP contribution in [-0.2, 0) is 4.79 Å². The van der Waals surface area contributed by atoms with E-state index in [-0.39, 0.29) is 17.6 Å². The van der Waals surface area contributed by atoms with Crippen molar-refractivity contribution in [3.05, 3.63) is 46.2 Å². The Bertz CT molecular complexity index is 795. The first kappa shape index (κ1) is 16.4. The van der Waals surface area contributed by atoms with E-state index in [4.69, 9.17) is 0 Å². The number of carbonyl (C=O) groups is 3. The van der Waals surface area contributed by atoms with Crippen molar-refractivity contribution in [1.82, 2.24) is 10.2 Å². The molecule has 5 nitrogen and oxygen atoms in total. The van der Waals surface area contributed by atoms with Gasteiger partial charge in [0.2, 0.25) is 5.91 Å². The maximum absolute atomic E-state index is 12.6. The molecule has 2 aromatic rings. The summed E-state index contributed by atoms with van der Waals surface area (Å²) in [6.07, 6.45) is 0. The van der Waals surface area contributed by atoms with E-state index in [0.29, 0.717) is 18.7 Å². The summed E-state index contributed by atoms with van der Waals surface area (Å²) in [6, 6.07) is 8.63. The summed E-state index contributed by atoms with van der Waals surface area (Å²) in [5, 5.41) is 4.64. The molecule has 3 rings (SSSR count). The van der Waals surface area contributed by atoms with Gasteiger partial charge < -0.3 is 10.2 Å². The molecule has 1 aliphatic rings. The lowest BCUT2D eigenvalue weighted by molar-refractivity contribution is -0.127. The molecule has 6 heteroatoms. The molecule has 0 saturated carbocycles. The van der Waals surface area contributed by atoms with Crippen molar-refractivity contribution in [2.75, 3.05) is 13.1 Å². The fraction of sp³-hybridized carbons (Fsp3) is 0.278. The highest BCUT2D eigenvalue weighted by Crippen LogP contribution is 2.29. The minimum atomic E-state index is -0.466. The third-order valence-electron chi connectivity index (χ3n) is 4.19. The predicted octanol–water partition coefficient (Wildman–Crippen LogP) is 2.58. The van der Waals surface area contributed by atoms with Crippen LogP contribution in [0.15, 0.2) is 35.7 Å². The number of rotatable bonds is 3. The van der Waals surface area contributed by atoms with Crippen LogP contribution in [0.2, 0.25) is 0 Å². The van der Waals surface area contributed by atoms with Crippen LogP contribution in [-0.4, -0.2) is 41.6 Å². The van der Waals surface area contributed by atoms with Crippen molar-refractivity contribution in [3.63, 3.8) is 0 Å². The van der Waals surface area contributed by atoms with Crippen molar-refractivity contribution in [1.29, 1.82) is 0 Å².